The molecular formula is C9H8ClNO5. The molecule has 1 N–H and O–H groups in total. The van der Waals surface area contributed by atoms with Crippen molar-refractivity contribution in [2.75, 3.05) is 7.11 Å². The molecule has 0 saturated carbocycles. The second-order valence-corrected chi connectivity index (χ2v) is 3.35. The van der Waals surface area contributed by atoms with Crippen molar-refractivity contribution in [1.29, 1.82) is 0 Å². The standard InChI is InChI=1S/C9H8ClNO5/c1-16-8-2-5(3-9(12)13)6(10)4-7(8)11(14)15/h2,4H,3H2,1H3,(H,12,13). The lowest BCUT2D eigenvalue weighted by Gasteiger charge is -2.06. The zero-order chi connectivity index (χ0) is 12.3. The van der Waals surface area contributed by atoms with Crippen LogP contribution in [0, 0.1) is 10.1 Å². The first-order valence-corrected chi connectivity index (χ1v) is 4.56. The largest absolute Gasteiger partial charge is 0.490 e. The van der Waals surface area contributed by atoms with Crippen LogP contribution in [0.5, 0.6) is 5.75 Å². The Labute approximate surface area is 95.6 Å². The van der Waals surface area contributed by atoms with Crippen LogP contribution in [0.1, 0.15) is 5.56 Å². The minimum absolute atomic E-state index is 0.00866. The molecule has 1 aromatic rings. The minimum Gasteiger partial charge on any atom is -0.490 e. The summed E-state index contributed by atoms with van der Waals surface area (Å²) in [5, 5.41) is 19.3. The maximum absolute atomic E-state index is 10.6. The van der Waals surface area contributed by atoms with E-state index >= 15 is 0 Å². The van der Waals surface area contributed by atoms with E-state index in [9.17, 15) is 14.9 Å². The molecule has 0 atom stereocenters. The van der Waals surface area contributed by atoms with Gasteiger partial charge in [0.1, 0.15) is 0 Å². The Morgan fingerprint density at radius 2 is 2.25 bits per heavy atom. The number of hydrogen-bond acceptors (Lipinski definition) is 4. The van der Waals surface area contributed by atoms with Crippen LogP contribution in [-0.4, -0.2) is 23.1 Å². The van der Waals surface area contributed by atoms with Crippen molar-refractivity contribution in [3.8, 4) is 5.75 Å². The van der Waals surface area contributed by atoms with Crippen molar-refractivity contribution in [3.63, 3.8) is 0 Å². The van der Waals surface area contributed by atoms with Gasteiger partial charge in [-0.25, -0.2) is 0 Å². The highest BCUT2D eigenvalue weighted by Gasteiger charge is 2.19. The molecule has 0 unspecified atom stereocenters. The second-order valence-electron chi connectivity index (χ2n) is 2.94. The third kappa shape index (κ3) is 2.60. The Morgan fingerprint density at radius 3 is 2.69 bits per heavy atom. The molecule has 0 spiro atoms. The second kappa shape index (κ2) is 4.80. The number of halogens is 1. The number of benzene rings is 1. The van der Waals surface area contributed by atoms with E-state index in [2.05, 4.69) is 0 Å². The zero-order valence-corrected chi connectivity index (χ0v) is 9.02. The first-order valence-electron chi connectivity index (χ1n) is 4.18. The molecule has 0 saturated heterocycles. The van der Waals surface area contributed by atoms with Gasteiger partial charge in [0.05, 0.1) is 23.5 Å². The van der Waals surface area contributed by atoms with Crippen molar-refractivity contribution >= 4 is 23.3 Å². The van der Waals surface area contributed by atoms with Crippen molar-refractivity contribution < 1.29 is 19.6 Å². The third-order valence-corrected chi connectivity index (χ3v) is 2.24. The van der Waals surface area contributed by atoms with Gasteiger partial charge >= 0.3 is 11.7 Å². The average molecular weight is 246 g/mol. The molecule has 0 heterocycles. The number of ether oxygens (including phenoxy) is 1. The lowest BCUT2D eigenvalue weighted by atomic mass is 10.1. The van der Waals surface area contributed by atoms with Gasteiger partial charge in [0, 0.05) is 6.07 Å². The van der Waals surface area contributed by atoms with Crippen molar-refractivity contribution in [1.82, 2.24) is 0 Å². The molecule has 0 aromatic heterocycles. The van der Waals surface area contributed by atoms with Crippen LogP contribution in [0.2, 0.25) is 5.02 Å². The lowest BCUT2D eigenvalue weighted by molar-refractivity contribution is -0.385. The Morgan fingerprint density at radius 1 is 1.62 bits per heavy atom. The van der Waals surface area contributed by atoms with Crippen LogP contribution in [0.15, 0.2) is 12.1 Å². The van der Waals surface area contributed by atoms with E-state index in [0.29, 0.717) is 0 Å². The Balaban J connectivity index is 3.25. The van der Waals surface area contributed by atoms with Gasteiger partial charge in [0.25, 0.3) is 0 Å². The molecule has 0 aliphatic rings. The number of nitro groups is 1. The lowest BCUT2D eigenvalue weighted by Crippen LogP contribution is -2.02. The highest BCUT2D eigenvalue weighted by molar-refractivity contribution is 6.31. The molecule has 0 aliphatic carbocycles. The molecule has 16 heavy (non-hydrogen) atoms. The minimum atomic E-state index is -1.07. The first kappa shape index (κ1) is 12.3. The SMILES string of the molecule is COc1cc(CC(=O)O)c(Cl)cc1[N+](=O)[O-]. The van der Waals surface area contributed by atoms with E-state index in [-0.39, 0.29) is 28.4 Å². The van der Waals surface area contributed by atoms with Crippen LogP contribution < -0.4 is 4.74 Å². The highest BCUT2D eigenvalue weighted by Crippen LogP contribution is 2.33. The fourth-order valence-corrected chi connectivity index (χ4v) is 1.41. The normalized spacial score (nSPS) is 9.88. The van der Waals surface area contributed by atoms with E-state index < -0.39 is 10.9 Å². The van der Waals surface area contributed by atoms with E-state index in [1.807, 2.05) is 0 Å². The van der Waals surface area contributed by atoms with Gasteiger partial charge in [-0.1, -0.05) is 11.6 Å². The summed E-state index contributed by atoms with van der Waals surface area (Å²) in [5.74, 6) is -1.08. The molecule has 0 bridgehead atoms. The smallest absolute Gasteiger partial charge is 0.312 e. The monoisotopic (exact) mass is 245 g/mol. The summed E-state index contributed by atoms with van der Waals surface area (Å²) in [6.45, 7) is 0. The van der Waals surface area contributed by atoms with Crippen LogP contribution in [-0.2, 0) is 11.2 Å². The number of nitrogens with zero attached hydrogens (tertiary/aromatic N) is 1. The van der Waals surface area contributed by atoms with E-state index in [4.69, 9.17) is 21.4 Å². The maximum atomic E-state index is 10.6. The van der Waals surface area contributed by atoms with Crippen LogP contribution in [0.25, 0.3) is 0 Å². The molecule has 7 heteroatoms. The quantitative estimate of drug-likeness (QED) is 0.646. The summed E-state index contributed by atoms with van der Waals surface area (Å²) in [4.78, 5) is 20.5. The summed E-state index contributed by atoms with van der Waals surface area (Å²) in [5.41, 5.74) is -0.0155. The van der Waals surface area contributed by atoms with E-state index in [1.54, 1.807) is 0 Å². The summed E-state index contributed by atoms with van der Waals surface area (Å²) in [7, 11) is 1.26. The predicted octanol–water partition coefficient (Wildman–Crippen LogP) is 1.88. The van der Waals surface area contributed by atoms with Gasteiger partial charge in [0.15, 0.2) is 5.75 Å². The number of nitro benzene ring substituents is 1. The molecule has 6 nitrogen and oxygen atoms in total. The molecule has 0 aliphatic heterocycles. The van der Waals surface area contributed by atoms with Crippen LogP contribution in [0.3, 0.4) is 0 Å². The molecule has 0 amide bonds. The summed E-state index contributed by atoms with van der Waals surface area (Å²) in [6.07, 6.45) is -0.312. The fraction of sp³-hybridized carbons (Fsp3) is 0.222. The average Bonchev–Trinajstić information content (AvgIpc) is 2.19. The number of carboxylic acids is 1. The van der Waals surface area contributed by atoms with Gasteiger partial charge in [-0.3, -0.25) is 14.9 Å². The Hall–Kier alpha value is -1.82. The van der Waals surface area contributed by atoms with Gasteiger partial charge in [0.2, 0.25) is 0 Å². The predicted molar refractivity (Wildman–Crippen MR) is 56.0 cm³/mol. The molecule has 86 valence electrons. The number of carboxylic acid groups (broad SMARTS) is 1. The number of methoxy groups -OCH3 is 1. The van der Waals surface area contributed by atoms with Gasteiger partial charge in [-0.15, -0.1) is 0 Å². The topological polar surface area (TPSA) is 89.7 Å². The molecule has 1 aromatic carbocycles. The third-order valence-electron chi connectivity index (χ3n) is 1.89. The molecule has 0 radical (unpaired) electrons. The molecule has 1 rings (SSSR count). The van der Waals surface area contributed by atoms with E-state index in [0.717, 1.165) is 6.07 Å². The van der Waals surface area contributed by atoms with Crippen molar-refractivity contribution in [2.45, 2.75) is 6.42 Å². The van der Waals surface area contributed by atoms with Crippen molar-refractivity contribution in [3.05, 3.63) is 32.8 Å². The maximum Gasteiger partial charge on any atom is 0.312 e. The van der Waals surface area contributed by atoms with Gasteiger partial charge in [-0.2, -0.15) is 0 Å². The van der Waals surface area contributed by atoms with Gasteiger partial charge < -0.3 is 9.84 Å². The van der Waals surface area contributed by atoms with E-state index in [1.165, 1.54) is 13.2 Å². The molecular weight excluding hydrogens is 238 g/mol. The number of hydrogen-bond donors (Lipinski definition) is 1. The summed E-state index contributed by atoms with van der Waals surface area (Å²) in [6, 6.07) is 2.34. The first-order chi connectivity index (χ1) is 7.45. The van der Waals surface area contributed by atoms with Gasteiger partial charge in [-0.05, 0) is 11.6 Å². The van der Waals surface area contributed by atoms with Crippen molar-refractivity contribution in [2.24, 2.45) is 0 Å². The Bertz CT molecular complexity index is 446. The molecule has 0 fully saturated rings. The highest BCUT2D eigenvalue weighted by atomic mass is 35.5. The number of aliphatic carboxylic acids is 1. The van der Waals surface area contributed by atoms with Crippen LogP contribution in [0.4, 0.5) is 5.69 Å². The Kier molecular flexibility index (Phi) is 3.68. The summed E-state index contributed by atoms with van der Waals surface area (Å²) < 4.78 is 4.79. The fourth-order valence-electron chi connectivity index (χ4n) is 1.19. The number of rotatable bonds is 4. The zero-order valence-electron chi connectivity index (χ0n) is 8.27. The number of carbonyl (C=O) groups is 1. The summed E-state index contributed by atoms with van der Waals surface area (Å²) >= 11 is 5.72. The van der Waals surface area contributed by atoms with Crippen LogP contribution >= 0.6 is 11.6 Å².